The van der Waals surface area contributed by atoms with Gasteiger partial charge >= 0.3 is 0 Å². The number of anilines is 2. The third-order valence-corrected chi connectivity index (χ3v) is 3.27. The van der Waals surface area contributed by atoms with E-state index in [1.165, 1.54) is 12.1 Å². The Morgan fingerprint density at radius 3 is 2.74 bits per heavy atom. The second-order valence-electron chi connectivity index (χ2n) is 4.16. The predicted octanol–water partition coefficient (Wildman–Crippen LogP) is 3.57. The van der Waals surface area contributed by atoms with Crippen LogP contribution in [-0.2, 0) is 0 Å². The van der Waals surface area contributed by atoms with Crippen molar-refractivity contribution in [2.24, 2.45) is 0 Å². The van der Waals surface area contributed by atoms with Crippen LogP contribution in [0.2, 0.25) is 0 Å². The lowest BCUT2D eigenvalue weighted by molar-refractivity contribution is 0.102. The Hall–Kier alpha value is -1.63. The highest BCUT2D eigenvalue weighted by atomic mass is 127. The predicted molar refractivity (Wildman–Crippen MR) is 82.7 cm³/mol. The van der Waals surface area contributed by atoms with Crippen LogP contribution in [0.1, 0.15) is 15.9 Å². The summed E-state index contributed by atoms with van der Waals surface area (Å²) < 4.78 is 14.9. The van der Waals surface area contributed by atoms with E-state index in [0.29, 0.717) is 16.9 Å². The summed E-state index contributed by atoms with van der Waals surface area (Å²) >= 11 is 2.14. The molecule has 0 radical (unpaired) electrons. The molecule has 1 amide bonds. The number of carbonyl (C=O) groups excluding carboxylic acids is 1. The number of carbonyl (C=O) groups is 1. The van der Waals surface area contributed by atoms with Crippen molar-refractivity contribution in [1.82, 2.24) is 0 Å². The zero-order valence-electron chi connectivity index (χ0n) is 10.2. The third kappa shape index (κ3) is 3.23. The van der Waals surface area contributed by atoms with Gasteiger partial charge in [-0.1, -0.05) is 6.07 Å². The lowest BCUT2D eigenvalue weighted by Gasteiger charge is -2.09. The Morgan fingerprint density at radius 2 is 2.05 bits per heavy atom. The second kappa shape index (κ2) is 5.56. The van der Waals surface area contributed by atoms with Crippen LogP contribution in [0.3, 0.4) is 0 Å². The molecule has 0 atom stereocenters. The summed E-state index contributed by atoms with van der Waals surface area (Å²) in [6.07, 6.45) is 0. The quantitative estimate of drug-likeness (QED) is 0.627. The fraction of sp³-hybridized carbons (Fsp3) is 0.0714. The average Bonchev–Trinajstić information content (AvgIpc) is 2.33. The Balaban J connectivity index is 2.30. The second-order valence-corrected chi connectivity index (χ2v) is 5.41. The van der Waals surface area contributed by atoms with Gasteiger partial charge in [0.1, 0.15) is 5.82 Å². The summed E-state index contributed by atoms with van der Waals surface area (Å²) in [5.74, 6) is -1.05. The van der Waals surface area contributed by atoms with Crippen LogP contribution >= 0.6 is 22.6 Å². The minimum atomic E-state index is -0.544. The highest BCUT2D eigenvalue weighted by Gasteiger charge is 2.14. The molecule has 98 valence electrons. The third-order valence-electron chi connectivity index (χ3n) is 2.60. The molecule has 2 rings (SSSR count). The van der Waals surface area contributed by atoms with E-state index in [4.69, 9.17) is 5.73 Å². The SMILES string of the molecule is Cc1cc(N)cc(C(=O)Nc2cccc(I)c2)c1F. The van der Waals surface area contributed by atoms with Gasteiger partial charge in [-0.25, -0.2) is 4.39 Å². The molecule has 0 aliphatic heterocycles. The number of nitrogens with one attached hydrogen (secondary N) is 1. The van der Waals surface area contributed by atoms with E-state index >= 15 is 0 Å². The molecule has 5 heteroatoms. The summed E-state index contributed by atoms with van der Waals surface area (Å²) in [6, 6.07) is 10.1. The Bertz CT molecular complexity index is 643. The fourth-order valence-corrected chi connectivity index (χ4v) is 2.27. The number of amides is 1. The molecule has 3 N–H and O–H groups in total. The van der Waals surface area contributed by atoms with Gasteiger partial charge in [0.25, 0.3) is 5.91 Å². The molecule has 0 fully saturated rings. The van der Waals surface area contributed by atoms with Crippen LogP contribution in [0.25, 0.3) is 0 Å². The average molecular weight is 370 g/mol. The van der Waals surface area contributed by atoms with E-state index < -0.39 is 11.7 Å². The largest absolute Gasteiger partial charge is 0.399 e. The first-order valence-electron chi connectivity index (χ1n) is 5.60. The summed E-state index contributed by atoms with van der Waals surface area (Å²) in [5, 5.41) is 2.66. The highest BCUT2D eigenvalue weighted by molar-refractivity contribution is 14.1. The Morgan fingerprint density at radius 1 is 1.32 bits per heavy atom. The maximum absolute atomic E-state index is 13.9. The molecular formula is C14H12FIN2O. The van der Waals surface area contributed by atoms with E-state index in [1.54, 1.807) is 19.1 Å². The minimum absolute atomic E-state index is 0.0450. The van der Waals surface area contributed by atoms with Crippen molar-refractivity contribution in [3.05, 3.63) is 56.9 Å². The van der Waals surface area contributed by atoms with E-state index in [1.807, 2.05) is 12.1 Å². The number of rotatable bonds is 2. The van der Waals surface area contributed by atoms with Gasteiger partial charge < -0.3 is 11.1 Å². The summed E-state index contributed by atoms with van der Waals surface area (Å²) in [7, 11) is 0. The van der Waals surface area contributed by atoms with Gasteiger partial charge in [-0.2, -0.15) is 0 Å². The molecule has 0 heterocycles. The van der Waals surface area contributed by atoms with Crippen molar-refractivity contribution in [2.45, 2.75) is 6.92 Å². The number of benzene rings is 2. The number of halogens is 2. The molecule has 19 heavy (non-hydrogen) atoms. The smallest absolute Gasteiger partial charge is 0.258 e. The number of nitrogens with two attached hydrogens (primary N) is 1. The summed E-state index contributed by atoms with van der Waals surface area (Å²) in [4.78, 5) is 12.0. The summed E-state index contributed by atoms with van der Waals surface area (Å²) in [6.45, 7) is 1.58. The lowest BCUT2D eigenvalue weighted by atomic mass is 10.1. The highest BCUT2D eigenvalue weighted by Crippen LogP contribution is 2.19. The Labute approximate surface area is 124 Å². The molecule has 0 aliphatic rings. The normalized spacial score (nSPS) is 10.3. The van der Waals surface area contributed by atoms with Crippen molar-refractivity contribution < 1.29 is 9.18 Å². The molecular weight excluding hydrogens is 358 g/mol. The van der Waals surface area contributed by atoms with Crippen molar-refractivity contribution in [3.63, 3.8) is 0 Å². The van der Waals surface area contributed by atoms with Crippen molar-refractivity contribution in [1.29, 1.82) is 0 Å². The molecule has 0 aliphatic carbocycles. The van der Waals surface area contributed by atoms with E-state index in [9.17, 15) is 9.18 Å². The number of nitrogen functional groups attached to an aromatic ring is 1. The first-order chi connectivity index (χ1) is 8.97. The maximum atomic E-state index is 13.9. The standard InChI is InChI=1S/C14H12FIN2O/c1-8-5-10(17)7-12(13(8)15)14(19)18-11-4-2-3-9(16)6-11/h2-7H,17H2,1H3,(H,18,19). The van der Waals surface area contributed by atoms with Gasteiger partial charge in [-0.15, -0.1) is 0 Å². The van der Waals surface area contributed by atoms with Crippen molar-refractivity contribution in [3.8, 4) is 0 Å². The molecule has 0 spiro atoms. The van der Waals surface area contributed by atoms with Crippen molar-refractivity contribution in [2.75, 3.05) is 11.1 Å². The van der Waals surface area contributed by atoms with Crippen LogP contribution in [0.5, 0.6) is 0 Å². The van der Waals surface area contributed by atoms with Crippen LogP contribution in [0, 0.1) is 16.3 Å². The zero-order chi connectivity index (χ0) is 14.0. The van der Waals surface area contributed by atoms with E-state index in [-0.39, 0.29) is 5.56 Å². The van der Waals surface area contributed by atoms with Gasteiger partial charge in [0.2, 0.25) is 0 Å². The van der Waals surface area contributed by atoms with E-state index in [0.717, 1.165) is 3.57 Å². The van der Waals surface area contributed by atoms with Crippen LogP contribution < -0.4 is 11.1 Å². The molecule has 0 saturated heterocycles. The van der Waals surface area contributed by atoms with Gasteiger partial charge in [0.15, 0.2) is 0 Å². The maximum Gasteiger partial charge on any atom is 0.258 e. The van der Waals surface area contributed by atoms with Gasteiger partial charge in [0.05, 0.1) is 5.56 Å². The molecule has 0 bridgehead atoms. The van der Waals surface area contributed by atoms with Gasteiger partial charge in [-0.05, 0) is 65.4 Å². The zero-order valence-corrected chi connectivity index (χ0v) is 12.4. The molecule has 2 aromatic rings. The monoisotopic (exact) mass is 370 g/mol. The topological polar surface area (TPSA) is 55.1 Å². The van der Waals surface area contributed by atoms with Crippen LogP contribution in [-0.4, -0.2) is 5.91 Å². The van der Waals surface area contributed by atoms with Crippen LogP contribution in [0.4, 0.5) is 15.8 Å². The minimum Gasteiger partial charge on any atom is -0.399 e. The number of hydrogen-bond acceptors (Lipinski definition) is 2. The molecule has 0 unspecified atom stereocenters. The number of aryl methyl sites for hydroxylation is 1. The Kier molecular flexibility index (Phi) is 4.04. The molecule has 2 aromatic carbocycles. The molecule has 3 nitrogen and oxygen atoms in total. The fourth-order valence-electron chi connectivity index (χ4n) is 1.73. The van der Waals surface area contributed by atoms with E-state index in [2.05, 4.69) is 27.9 Å². The number of hydrogen-bond donors (Lipinski definition) is 2. The van der Waals surface area contributed by atoms with Crippen molar-refractivity contribution >= 4 is 39.9 Å². The first kappa shape index (κ1) is 13.8. The molecule has 0 aromatic heterocycles. The lowest BCUT2D eigenvalue weighted by Crippen LogP contribution is -2.15. The van der Waals surface area contributed by atoms with Gasteiger partial charge in [-0.3, -0.25) is 4.79 Å². The van der Waals surface area contributed by atoms with Crippen LogP contribution in [0.15, 0.2) is 36.4 Å². The summed E-state index contributed by atoms with van der Waals surface area (Å²) in [5.41, 5.74) is 6.93. The first-order valence-corrected chi connectivity index (χ1v) is 6.68. The molecule has 0 saturated carbocycles. The van der Waals surface area contributed by atoms with Gasteiger partial charge in [0, 0.05) is 14.9 Å².